The predicted octanol–water partition coefficient (Wildman–Crippen LogP) is 1.61. The SMILES string of the molecule is O=C1C2=C(NC3CCCCC13)C(=O)C1CCC(F)CC1N2. The molecule has 5 heteroatoms. The monoisotopic (exact) mass is 292 g/mol. The zero-order chi connectivity index (χ0) is 14.6. The Morgan fingerprint density at radius 1 is 0.810 bits per heavy atom. The third-order valence-corrected chi connectivity index (χ3v) is 5.63. The van der Waals surface area contributed by atoms with E-state index in [0.717, 1.165) is 25.7 Å². The van der Waals surface area contributed by atoms with E-state index in [1.807, 2.05) is 0 Å². The molecule has 4 rings (SSSR count). The number of Topliss-reactive ketones (excluding diaryl/α,β-unsaturated/α-hetero) is 2. The zero-order valence-electron chi connectivity index (χ0n) is 12.0. The van der Waals surface area contributed by atoms with Gasteiger partial charge in [0.1, 0.15) is 17.6 Å². The maximum Gasteiger partial charge on any atom is 0.186 e. The zero-order valence-corrected chi connectivity index (χ0v) is 12.0. The molecule has 0 amide bonds. The lowest BCUT2D eigenvalue weighted by atomic mass is 9.72. The fourth-order valence-electron chi connectivity index (χ4n) is 4.48. The molecule has 0 aromatic heterocycles. The molecule has 2 N–H and O–H groups in total. The van der Waals surface area contributed by atoms with Crippen LogP contribution in [0.1, 0.15) is 44.9 Å². The molecule has 2 fully saturated rings. The van der Waals surface area contributed by atoms with E-state index in [-0.39, 0.29) is 35.5 Å². The van der Waals surface area contributed by atoms with E-state index in [0.29, 0.717) is 30.7 Å². The molecule has 5 atom stereocenters. The fraction of sp³-hybridized carbons (Fsp3) is 0.750. The van der Waals surface area contributed by atoms with Crippen molar-refractivity contribution in [1.29, 1.82) is 0 Å². The molecule has 0 aromatic carbocycles. The maximum absolute atomic E-state index is 13.6. The van der Waals surface area contributed by atoms with E-state index in [1.54, 1.807) is 0 Å². The van der Waals surface area contributed by atoms with Gasteiger partial charge in [-0.25, -0.2) is 4.39 Å². The highest BCUT2D eigenvalue weighted by Crippen LogP contribution is 2.38. The van der Waals surface area contributed by atoms with Crippen LogP contribution in [-0.4, -0.2) is 29.8 Å². The van der Waals surface area contributed by atoms with Crippen LogP contribution in [0.15, 0.2) is 11.4 Å². The van der Waals surface area contributed by atoms with Gasteiger partial charge in [0.25, 0.3) is 0 Å². The first-order valence-electron chi connectivity index (χ1n) is 8.15. The summed E-state index contributed by atoms with van der Waals surface area (Å²) >= 11 is 0. The van der Waals surface area contributed by atoms with Gasteiger partial charge < -0.3 is 10.6 Å². The minimum absolute atomic E-state index is 0.0147. The first-order chi connectivity index (χ1) is 10.1. The summed E-state index contributed by atoms with van der Waals surface area (Å²) in [5.74, 6) is -0.0884. The number of nitrogens with one attached hydrogen (secondary N) is 2. The van der Waals surface area contributed by atoms with Crippen molar-refractivity contribution in [3.8, 4) is 0 Å². The smallest absolute Gasteiger partial charge is 0.186 e. The minimum atomic E-state index is -0.859. The van der Waals surface area contributed by atoms with Crippen LogP contribution in [0.3, 0.4) is 0 Å². The molecule has 4 aliphatic rings. The Kier molecular flexibility index (Phi) is 3.05. The van der Waals surface area contributed by atoms with Gasteiger partial charge in [0, 0.05) is 23.9 Å². The van der Waals surface area contributed by atoms with Gasteiger partial charge in [0.05, 0.1) is 0 Å². The van der Waals surface area contributed by atoms with Gasteiger partial charge in [-0.15, -0.1) is 0 Å². The molecule has 0 bridgehead atoms. The van der Waals surface area contributed by atoms with E-state index < -0.39 is 6.17 Å². The lowest BCUT2D eigenvalue weighted by molar-refractivity contribution is -0.128. The second-order valence-electron chi connectivity index (χ2n) is 6.89. The number of fused-ring (bicyclic) bond motifs is 2. The van der Waals surface area contributed by atoms with E-state index in [9.17, 15) is 14.0 Å². The van der Waals surface area contributed by atoms with Crippen LogP contribution in [0.2, 0.25) is 0 Å². The van der Waals surface area contributed by atoms with Crippen LogP contribution in [0.5, 0.6) is 0 Å². The van der Waals surface area contributed by atoms with Crippen LogP contribution in [-0.2, 0) is 9.59 Å². The normalized spacial score (nSPS) is 42.4. The van der Waals surface area contributed by atoms with Gasteiger partial charge in [0.15, 0.2) is 11.6 Å². The Balaban J connectivity index is 1.67. The standard InChI is InChI=1S/C16H21FN2O2/c17-8-5-6-10-12(7-8)19-14-13(16(10)21)18-11-4-2-1-3-9(11)15(14)20/h8-12,18-19H,1-7H2. The summed E-state index contributed by atoms with van der Waals surface area (Å²) in [6.45, 7) is 0. The molecule has 0 spiro atoms. The highest BCUT2D eigenvalue weighted by Gasteiger charge is 2.47. The number of hydrogen-bond acceptors (Lipinski definition) is 4. The number of carbonyl (C=O) groups is 2. The molecule has 114 valence electrons. The van der Waals surface area contributed by atoms with E-state index >= 15 is 0 Å². The third-order valence-electron chi connectivity index (χ3n) is 5.63. The summed E-state index contributed by atoms with van der Waals surface area (Å²) in [5.41, 5.74) is 0.931. The van der Waals surface area contributed by atoms with Gasteiger partial charge in [0.2, 0.25) is 0 Å². The molecular weight excluding hydrogens is 271 g/mol. The van der Waals surface area contributed by atoms with Crippen molar-refractivity contribution in [3.63, 3.8) is 0 Å². The molecule has 0 aromatic rings. The molecule has 0 saturated heterocycles. The summed E-state index contributed by atoms with van der Waals surface area (Å²) in [7, 11) is 0. The highest BCUT2D eigenvalue weighted by molar-refractivity contribution is 6.10. The molecule has 21 heavy (non-hydrogen) atoms. The summed E-state index contributed by atoms with van der Waals surface area (Å²) in [6, 6.07) is -0.0873. The van der Waals surface area contributed by atoms with Crippen molar-refractivity contribution >= 4 is 11.6 Å². The minimum Gasteiger partial charge on any atom is -0.377 e. The Morgan fingerprint density at radius 3 is 2.19 bits per heavy atom. The molecule has 0 radical (unpaired) electrons. The number of carbonyl (C=O) groups excluding carboxylic acids is 2. The highest BCUT2D eigenvalue weighted by atomic mass is 19.1. The molecule has 2 saturated carbocycles. The van der Waals surface area contributed by atoms with E-state index in [2.05, 4.69) is 10.6 Å². The lowest BCUT2D eigenvalue weighted by Gasteiger charge is -2.44. The number of halogens is 1. The quantitative estimate of drug-likeness (QED) is 0.712. The Hall–Kier alpha value is -1.39. The van der Waals surface area contributed by atoms with Gasteiger partial charge >= 0.3 is 0 Å². The maximum atomic E-state index is 13.6. The Morgan fingerprint density at radius 2 is 1.43 bits per heavy atom. The van der Waals surface area contributed by atoms with Crippen molar-refractivity contribution in [1.82, 2.24) is 10.6 Å². The van der Waals surface area contributed by atoms with Gasteiger partial charge in [-0.1, -0.05) is 12.8 Å². The number of alkyl halides is 1. The molecule has 2 aliphatic heterocycles. The Bertz CT molecular complexity index is 530. The van der Waals surface area contributed by atoms with Gasteiger partial charge in [-0.2, -0.15) is 0 Å². The average molecular weight is 292 g/mol. The molecule has 5 unspecified atom stereocenters. The van der Waals surface area contributed by atoms with E-state index in [1.165, 1.54) is 0 Å². The van der Waals surface area contributed by atoms with Crippen molar-refractivity contribution in [2.75, 3.05) is 0 Å². The molecular formula is C16H21FN2O2. The van der Waals surface area contributed by atoms with Crippen molar-refractivity contribution < 1.29 is 14.0 Å². The van der Waals surface area contributed by atoms with Gasteiger partial charge in [-0.3, -0.25) is 9.59 Å². The van der Waals surface area contributed by atoms with Crippen LogP contribution >= 0.6 is 0 Å². The molecule has 2 heterocycles. The number of ketones is 2. The number of rotatable bonds is 0. The summed E-state index contributed by atoms with van der Waals surface area (Å²) in [4.78, 5) is 25.4. The Labute approximate surface area is 123 Å². The van der Waals surface area contributed by atoms with Crippen molar-refractivity contribution in [3.05, 3.63) is 11.4 Å². The van der Waals surface area contributed by atoms with Crippen LogP contribution in [0.4, 0.5) is 4.39 Å². The van der Waals surface area contributed by atoms with Crippen molar-refractivity contribution in [2.45, 2.75) is 63.2 Å². The third kappa shape index (κ3) is 2.00. The van der Waals surface area contributed by atoms with E-state index in [4.69, 9.17) is 0 Å². The number of allylic oxidation sites excluding steroid dienone is 2. The summed E-state index contributed by atoms with van der Waals surface area (Å²) in [6.07, 6.45) is 4.56. The van der Waals surface area contributed by atoms with Crippen LogP contribution in [0, 0.1) is 11.8 Å². The lowest BCUT2D eigenvalue weighted by Crippen LogP contribution is -2.59. The number of hydrogen-bond donors (Lipinski definition) is 2. The van der Waals surface area contributed by atoms with Crippen LogP contribution in [0.25, 0.3) is 0 Å². The van der Waals surface area contributed by atoms with Crippen molar-refractivity contribution in [2.24, 2.45) is 11.8 Å². The first-order valence-corrected chi connectivity index (χ1v) is 8.15. The fourth-order valence-corrected chi connectivity index (χ4v) is 4.48. The van der Waals surface area contributed by atoms with Crippen LogP contribution < -0.4 is 10.6 Å². The second kappa shape index (κ2) is 4.82. The topological polar surface area (TPSA) is 58.2 Å². The summed E-state index contributed by atoms with van der Waals surface area (Å²) < 4.78 is 13.6. The second-order valence-corrected chi connectivity index (χ2v) is 6.89. The predicted molar refractivity (Wildman–Crippen MR) is 75.1 cm³/mol. The first kappa shape index (κ1) is 13.3. The van der Waals surface area contributed by atoms with Gasteiger partial charge in [-0.05, 0) is 32.1 Å². The molecule has 4 nitrogen and oxygen atoms in total. The average Bonchev–Trinajstić information content (AvgIpc) is 2.49. The summed E-state index contributed by atoms with van der Waals surface area (Å²) in [5, 5.41) is 6.54. The molecule has 2 aliphatic carbocycles. The largest absolute Gasteiger partial charge is 0.377 e.